The van der Waals surface area contributed by atoms with Gasteiger partial charge in [-0.05, 0) is 30.6 Å². The van der Waals surface area contributed by atoms with E-state index in [-0.39, 0.29) is 6.04 Å². The van der Waals surface area contributed by atoms with Crippen LogP contribution in [-0.4, -0.2) is 38.9 Å². The molecule has 2 aliphatic rings. The molecule has 3 rings (SSSR count). The molecule has 5 nitrogen and oxygen atoms in total. The van der Waals surface area contributed by atoms with Gasteiger partial charge < -0.3 is 5.11 Å². The molecule has 1 N–H and O–H groups in total. The van der Waals surface area contributed by atoms with Crippen LogP contribution in [0.1, 0.15) is 23.7 Å². The summed E-state index contributed by atoms with van der Waals surface area (Å²) in [6.07, 6.45) is 4.76. The van der Waals surface area contributed by atoms with Gasteiger partial charge in [-0.1, -0.05) is 11.8 Å². The third-order valence-corrected chi connectivity index (χ3v) is 4.08. The van der Waals surface area contributed by atoms with Crippen molar-refractivity contribution >= 4 is 17.9 Å². The van der Waals surface area contributed by atoms with Gasteiger partial charge in [-0.15, -0.1) is 0 Å². The number of likely N-dealkylation sites (tertiary alicyclic amines) is 1. The Hall–Kier alpha value is -1.30. The lowest BCUT2D eigenvalue weighted by Gasteiger charge is -2.24. The topological polar surface area (TPSA) is 66.3 Å². The molecule has 1 aromatic rings. The summed E-state index contributed by atoms with van der Waals surface area (Å²) in [4.78, 5) is 21.5. The molecule has 0 aromatic carbocycles. The predicted molar refractivity (Wildman–Crippen MR) is 63.1 cm³/mol. The molecule has 1 aromatic heterocycles. The minimum atomic E-state index is -0.838. The predicted octanol–water partition coefficient (Wildman–Crippen LogP) is 1.80. The van der Waals surface area contributed by atoms with Crippen LogP contribution in [0.3, 0.4) is 0 Å². The van der Waals surface area contributed by atoms with Crippen LogP contribution in [0.4, 0.5) is 4.79 Å². The molecule has 2 heterocycles. The van der Waals surface area contributed by atoms with Crippen molar-refractivity contribution in [2.45, 2.75) is 24.0 Å². The Kier molecular flexibility index (Phi) is 2.47. The quantitative estimate of drug-likeness (QED) is 0.609. The largest absolute Gasteiger partial charge is 0.465 e. The molecule has 1 fully saturated rings. The lowest BCUT2D eigenvalue weighted by molar-refractivity contribution is 0.139. The second-order valence-electron chi connectivity index (χ2n) is 4.52. The van der Waals surface area contributed by atoms with E-state index in [4.69, 9.17) is 0 Å². The van der Waals surface area contributed by atoms with E-state index in [9.17, 15) is 9.90 Å². The monoisotopic (exact) mass is 251 g/mol. The van der Waals surface area contributed by atoms with Crippen molar-refractivity contribution in [2.75, 3.05) is 12.8 Å². The van der Waals surface area contributed by atoms with Crippen molar-refractivity contribution < 1.29 is 9.90 Å². The first-order valence-electron chi connectivity index (χ1n) is 5.58. The zero-order valence-electron chi connectivity index (χ0n) is 9.46. The zero-order valence-corrected chi connectivity index (χ0v) is 10.3. The van der Waals surface area contributed by atoms with Crippen molar-refractivity contribution in [3.63, 3.8) is 0 Å². The molecular weight excluding hydrogens is 238 g/mol. The summed E-state index contributed by atoms with van der Waals surface area (Å²) in [5.41, 5.74) is 2.04. The minimum absolute atomic E-state index is 0.0600. The summed E-state index contributed by atoms with van der Waals surface area (Å²) in [5.74, 6) is 0.437. The van der Waals surface area contributed by atoms with Crippen LogP contribution in [0, 0.1) is 5.92 Å². The highest BCUT2D eigenvalue weighted by molar-refractivity contribution is 7.98. The molecule has 2 atom stereocenters. The number of hydrogen-bond acceptors (Lipinski definition) is 4. The lowest BCUT2D eigenvalue weighted by atomic mass is 9.88. The van der Waals surface area contributed by atoms with Gasteiger partial charge in [-0.25, -0.2) is 14.8 Å². The molecule has 90 valence electrons. The standard InChI is InChI=1S/C11H13N3O2S/c1-17-10-12-4-7-2-6-3-8(9(7)13-10)14(5-6)11(15)16/h4,6,8H,2-3,5H2,1H3,(H,15,16). The molecule has 0 saturated carbocycles. The lowest BCUT2D eigenvalue weighted by Crippen LogP contribution is -2.29. The van der Waals surface area contributed by atoms with Gasteiger partial charge in [0.25, 0.3) is 0 Å². The van der Waals surface area contributed by atoms with Crippen molar-refractivity contribution in [1.82, 2.24) is 14.9 Å². The Morgan fingerprint density at radius 1 is 1.65 bits per heavy atom. The highest BCUT2D eigenvalue weighted by atomic mass is 32.2. The first-order valence-corrected chi connectivity index (χ1v) is 6.81. The molecule has 1 amide bonds. The van der Waals surface area contributed by atoms with E-state index in [1.807, 2.05) is 12.5 Å². The van der Waals surface area contributed by atoms with Crippen molar-refractivity contribution in [1.29, 1.82) is 0 Å². The number of carboxylic acid groups (broad SMARTS) is 1. The second kappa shape index (κ2) is 3.87. The third-order valence-electron chi connectivity index (χ3n) is 3.52. The fourth-order valence-corrected chi connectivity index (χ4v) is 3.15. The van der Waals surface area contributed by atoms with E-state index in [2.05, 4.69) is 9.97 Å². The van der Waals surface area contributed by atoms with Crippen LogP contribution >= 0.6 is 11.8 Å². The Morgan fingerprint density at radius 2 is 2.47 bits per heavy atom. The maximum absolute atomic E-state index is 11.2. The number of rotatable bonds is 1. The van der Waals surface area contributed by atoms with Gasteiger partial charge in [0, 0.05) is 12.7 Å². The highest BCUT2D eigenvalue weighted by Gasteiger charge is 2.42. The van der Waals surface area contributed by atoms with Crippen molar-refractivity contribution in [2.24, 2.45) is 5.92 Å². The average molecular weight is 251 g/mol. The second-order valence-corrected chi connectivity index (χ2v) is 5.30. The zero-order chi connectivity index (χ0) is 12.0. The van der Waals surface area contributed by atoms with Crippen LogP contribution in [-0.2, 0) is 6.42 Å². The average Bonchev–Trinajstić information content (AvgIpc) is 2.68. The molecule has 1 aliphatic carbocycles. The Labute approximate surface area is 103 Å². The van der Waals surface area contributed by atoms with Gasteiger partial charge in [0.1, 0.15) is 0 Å². The van der Waals surface area contributed by atoms with E-state index < -0.39 is 6.09 Å². The SMILES string of the molecule is CSc1ncc2c(n1)C1CC(C2)CN1C(=O)O. The molecule has 0 radical (unpaired) electrons. The van der Waals surface area contributed by atoms with Gasteiger partial charge in [-0.2, -0.15) is 0 Å². The normalized spacial score (nSPS) is 25.8. The molecular formula is C11H13N3O2S. The fourth-order valence-electron chi connectivity index (χ4n) is 2.80. The molecule has 1 aliphatic heterocycles. The summed E-state index contributed by atoms with van der Waals surface area (Å²) >= 11 is 1.49. The van der Waals surface area contributed by atoms with Crippen LogP contribution in [0.2, 0.25) is 0 Å². The minimum Gasteiger partial charge on any atom is -0.465 e. The summed E-state index contributed by atoms with van der Waals surface area (Å²) < 4.78 is 0. The first-order chi connectivity index (χ1) is 8.19. The van der Waals surface area contributed by atoms with E-state index >= 15 is 0 Å². The van der Waals surface area contributed by atoms with Gasteiger partial charge in [-0.3, -0.25) is 4.90 Å². The van der Waals surface area contributed by atoms with Gasteiger partial charge in [0.2, 0.25) is 0 Å². The molecule has 2 bridgehead atoms. The van der Waals surface area contributed by atoms with E-state index in [0.717, 1.165) is 29.3 Å². The fraction of sp³-hybridized carbons (Fsp3) is 0.545. The molecule has 0 spiro atoms. The number of thioether (sulfide) groups is 1. The summed E-state index contributed by atoms with van der Waals surface area (Å²) in [6, 6.07) is -0.0600. The van der Waals surface area contributed by atoms with Gasteiger partial charge in [0.05, 0.1) is 11.7 Å². The maximum atomic E-state index is 11.2. The van der Waals surface area contributed by atoms with E-state index in [0.29, 0.717) is 12.5 Å². The number of hydrogen-bond donors (Lipinski definition) is 1. The van der Waals surface area contributed by atoms with Crippen LogP contribution in [0.15, 0.2) is 11.4 Å². The molecule has 6 heteroatoms. The summed E-state index contributed by atoms with van der Waals surface area (Å²) in [5, 5.41) is 9.91. The maximum Gasteiger partial charge on any atom is 0.407 e. The Balaban J connectivity index is 2.04. The van der Waals surface area contributed by atoms with Gasteiger partial charge >= 0.3 is 6.09 Å². The van der Waals surface area contributed by atoms with E-state index in [1.54, 1.807) is 0 Å². The van der Waals surface area contributed by atoms with Crippen LogP contribution in [0.25, 0.3) is 0 Å². The van der Waals surface area contributed by atoms with Crippen LogP contribution < -0.4 is 0 Å². The number of aromatic nitrogens is 2. The Bertz CT molecular complexity index is 480. The van der Waals surface area contributed by atoms with Crippen molar-refractivity contribution in [3.05, 3.63) is 17.5 Å². The number of nitrogens with zero attached hydrogens (tertiary/aromatic N) is 3. The first kappa shape index (κ1) is 10.8. The highest BCUT2D eigenvalue weighted by Crippen LogP contribution is 2.42. The Morgan fingerprint density at radius 3 is 3.18 bits per heavy atom. The number of carbonyl (C=O) groups is 1. The third kappa shape index (κ3) is 1.67. The van der Waals surface area contributed by atoms with Crippen molar-refractivity contribution in [3.8, 4) is 0 Å². The molecule has 17 heavy (non-hydrogen) atoms. The number of amides is 1. The van der Waals surface area contributed by atoms with E-state index in [1.165, 1.54) is 16.7 Å². The summed E-state index contributed by atoms with van der Waals surface area (Å²) in [6.45, 7) is 0.630. The summed E-state index contributed by atoms with van der Waals surface area (Å²) in [7, 11) is 0. The van der Waals surface area contributed by atoms with Gasteiger partial charge in [0.15, 0.2) is 5.16 Å². The molecule has 1 saturated heterocycles. The smallest absolute Gasteiger partial charge is 0.407 e. The molecule has 2 unspecified atom stereocenters. The van der Waals surface area contributed by atoms with Crippen LogP contribution in [0.5, 0.6) is 0 Å². The number of fused-ring (bicyclic) bond motifs is 4.